The second kappa shape index (κ2) is 15.2. The molecule has 0 fully saturated rings. The number of anilines is 2. The van der Waals surface area contributed by atoms with Gasteiger partial charge in [-0.1, -0.05) is 77.3 Å². The molecular formula is C33H23Cl3N4O3S2. The highest BCUT2D eigenvalue weighted by atomic mass is 35.5. The van der Waals surface area contributed by atoms with Crippen molar-refractivity contribution in [2.75, 3.05) is 16.4 Å². The van der Waals surface area contributed by atoms with Gasteiger partial charge in [-0.25, -0.2) is 4.98 Å². The van der Waals surface area contributed by atoms with Crippen molar-refractivity contribution >= 4 is 92.5 Å². The molecule has 0 aliphatic carbocycles. The van der Waals surface area contributed by atoms with Crippen LogP contribution in [0, 0.1) is 0 Å². The molecule has 5 rings (SSSR count). The molecule has 0 aliphatic rings. The number of amides is 3. The van der Waals surface area contributed by atoms with Crippen molar-refractivity contribution in [3.8, 4) is 11.3 Å². The highest BCUT2D eigenvalue weighted by Crippen LogP contribution is 2.28. The highest BCUT2D eigenvalue weighted by Gasteiger charge is 2.17. The van der Waals surface area contributed by atoms with Gasteiger partial charge in [-0.05, 0) is 66.2 Å². The molecule has 5 aromatic rings. The third-order valence-electron chi connectivity index (χ3n) is 6.18. The van der Waals surface area contributed by atoms with Crippen molar-refractivity contribution in [1.29, 1.82) is 0 Å². The summed E-state index contributed by atoms with van der Waals surface area (Å²) in [6.45, 7) is 0. The van der Waals surface area contributed by atoms with E-state index in [0.29, 0.717) is 32.0 Å². The van der Waals surface area contributed by atoms with Crippen molar-refractivity contribution in [1.82, 2.24) is 10.3 Å². The van der Waals surface area contributed by atoms with E-state index in [1.54, 1.807) is 84.9 Å². The summed E-state index contributed by atoms with van der Waals surface area (Å²) in [6, 6.07) is 27.9. The van der Waals surface area contributed by atoms with Crippen molar-refractivity contribution < 1.29 is 14.4 Å². The highest BCUT2D eigenvalue weighted by molar-refractivity contribution is 8.00. The average molecular weight is 694 g/mol. The normalized spacial score (nSPS) is 11.1. The lowest BCUT2D eigenvalue weighted by Crippen LogP contribution is -2.30. The number of aromatic nitrogens is 1. The predicted molar refractivity (Wildman–Crippen MR) is 185 cm³/mol. The van der Waals surface area contributed by atoms with Crippen LogP contribution in [-0.4, -0.2) is 28.5 Å². The van der Waals surface area contributed by atoms with Crippen molar-refractivity contribution in [2.45, 2.75) is 4.90 Å². The Morgan fingerprint density at radius 2 is 1.56 bits per heavy atom. The zero-order chi connectivity index (χ0) is 31.8. The fraction of sp³-hybridized carbons (Fsp3) is 0.0303. The summed E-state index contributed by atoms with van der Waals surface area (Å²) in [4.78, 5) is 44.1. The van der Waals surface area contributed by atoms with Crippen molar-refractivity contribution in [3.05, 3.63) is 134 Å². The second-order valence-electron chi connectivity index (χ2n) is 9.38. The largest absolute Gasteiger partial charge is 0.321 e. The molecule has 226 valence electrons. The first-order valence-electron chi connectivity index (χ1n) is 13.3. The summed E-state index contributed by atoms with van der Waals surface area (Å²) in [5.74, 6) is -1.05. The number of halogens is 3. The molecule has 0 radical (unpaired) electrons. The van der Waals surface area contributed by atoms with Gasteiger partial charge in [0.05, 0.1) is 21.5 Å². The lowest BCUT2D eigenvalue weighted by atomic mass is 10.1. The van der Waals surface area contributed by atoms with E-state index in [1.807, 2.05) is 17.5 Å². The molecule has 3 N–H and O–H groups in total. The Morgan fingerprint density at radius 1 is 0.822 bits per heavy atom. The van der Waals surface area contributed by atoms with Gasteiger partial charge in [-0.2, -0.15) is 0 Å². The maximum absolute atomic E-state index is 13.3. The number of thioether (sulfide) groups is 1. The number of benzene rings is 4. The summed E-state index contributed by atoms with van der Waals surface area (Å²) < 4.78 is 0. The number of rotatable bonds is 10. The molecule has 0 unspecified atom stereocenters. The summed E-state index contributed by atoms with van der Waals surface area (Å²) >= 11 is 21.1. The van der Waals surface area contributed by atoms with Crippen LogP contribution in [0.5, 0.6) is 0 Å². The SMILES string of the molecule is O=C(CSc1ccc(NC(=O)/C(=C/c2cccc(Cl)c2Cl)NC(=O)c2ccccc2)cc1)Nc1nc(-c2ccc(Cl)cc2)cs1. The molecule has 3 amide bonds. The second-order valence-corrected chi connectivity index (χ2v) is 12.5. The van der Waals surface area contributed by atoms with Gasteiger partial charge >= 0.3 is 0 Å². The summed E-state index contributed by atoms with van der Waals surface area (Å²) in [6.07, 6.45) is 1.47. The predicted octanol–water partition coefficient (Wildman–Crippen LogP) is 8.91. The van der Waals surface area contributed by atoms with Gasteiger partial charge in [0, 0.05) is 32.1 Å². The minimum absolute atomic E-state index is 0.0236. The molecule has 0 atom stereocenters. The molecule has 45 heavy (non-hydrogen) atoms. The lowest BCUT2D eigenvalue weighted by Gasteiger charge is -2.12. The van der Waals surface area contributed by atoms with Crippen LogP contribution >= 0.6 is 57.9 Å². The zero-order valence-corrected chi connectivity index (χ0v) is 27.1. The Bertz CT molecular complexity index is 1860. The monoisotopic (exact) mass is 692 g/mol. The summed E-state index contributed by atoms with van der Waals surface area (Å²) in [7, 11) is 0. The number of nitrogens with zero attached hydrogens (tertiary/aromatic N) is 1. The topological polar surface area (TPSA) is 100 Å². The van der Waals surface area contributed by atoms with E-state index in [0.717, 1.165) is 16.2 Å². The van der Waals surface area contributed by atoms with Gasteiger partial charge in [0.25, 0.3) is 11.8 Å². The Hall–Kier alpha value is -4.12. The van der Waals surface area contributed by atoms with Gasteiger partial charge in [-0.3, -0.25) is 14.4 Å². The van der Waals surface area contributed by atoms with Crippen LogP contribution in [0.2, 0.25) is 15.1 Å². The van der Waals surface area contributed by atoms with Crippen LogP contribution in [0.25, 0.3) is 17.3 Å². The molecular weight excluding hydrogens is 671 g/mol. The molecule has 0 aliphatic heterocycles. The number of carbonyl (C=O) groups excluding carboxylic acids is 3. The number of thiazole rings is 1. The first kappa shape index (κ1) is 32.3. The minimum atomic E-state index is -0.559. The van der Waals surface area contributed by atoms with Crippen LogP contribution in [0.15, 0.2) is 113 Å². The van der Waals surface area contributed by atoms with E-state index < -0.39 is 11.8 Å². The molecule has 0 saturated heterocycles. The maximum atomic E-state index is 13.3. The molecule has 0 bridgehead atoms. The van der Waals surface area contributed by atoms with Crippen molar-refractivity contribution in [3.63, 3.8) is 0 Å². The van der Waals surface area contributed by atoms with E-state index >= 15 is 0 Å². The van der Waals surface area contributed by atoms with Crippen LogP contribution in [0.4, 0.5) is 10.8 Å². The van der Waals surface area contributed by atoms with E-state index in [9.17, 15) is 14.4 Å². The van der Waals surface area contributed by atoms with Gasteiger partial charge in [-0.15, -0.1) is 23.1 Å². The van der Waals surface area contributed by atoms with Gasteiger partial charge in [0.15, 0.2) is 5.13 Å². The standard InChI is InChI=1S/C33H23Cl3N4O3S2/c34-23-11-9-20(10-12-23)28-18-45-33(39-28)40-29(41)19-44-25-15-13-24(14-16-25)37-32(43)27(17-22-7-4-8-26(35)30(22)36)38-31(42)21-5-2-1-3-6-21/h1-18H,19H2,(H,37,43)(H,38,42)(H,39,40,41)/b27-17-. The van der Waals surface area contributed by atoms with Crippen LogP contribution in [0.3, 0.4) is 0 Å². The molecule has 4 aromatic carbocycles. The number of carbonyl (C=O) groups is 3. The first-order valence-corrected chi connectivity index (χ1v) is 16.3. The number of hydrogen-bond donors (Lipinski definition) is 3. The molecule has 7 nitrogen and oxygen atoms in total. The first-order chi connectivity index (χ1) is 21.7. The van der Waals surface area contributed by atoms with E-state index in [1.165, 1.54) is 29.2 Å². The van der Waals surface area contributed by atoms with E-state index in [4.69, 9.17) is 34.8 Å². The molecule has 0 spiro atoms. The lowest BCUT2D eigenvalue weighted by molar-refractivity contribution is -0.114. The van der Waals surface area contributed by atoms with Crippen LogP contribution in [-0.2, 0) is 9.59 Å². The number of hydrogen-bond acceptors (Lipinski definition) is 6. The van der Waals surface area contributed by atoms with Gasteiger partial charge in [0.2, 0.25) is 5.91 Å². The Morgan fingerprint density at radius 3 is 2.29 bits per heavy atom. The molecule has 12 heteroatoms. The fourth-order valence-corrected chi connectivity index (χ4v) is 5.87. The Labute approximate surface area is 282 Å². The summed E-state index contributed by atoms with van der Waals surface area (Å²) in [5.41, 5.74) is 2.98. The Balaban J connectivity index is 1.20. The third-order valence-corrected chi connectivity index (χ3v) is 9.04. The van der Waals surface area contributed by atoms with E-state index in [2.05, 4.69) is 20.9 Å². The van der Waals surface area contributed by atoms with E-state index in [-0.39, 0.29) is 22.4 Å². The Kier molecular flexibility index (Phi) is 10.9. The quantitative estimate of drug-likeness (QED) is 0.100. The fourth-order valence-electron chi connectivity index (χ4n) is 3.95. The van der Waals surface area contributed by atoms with Crippen LogP contribution < -0.4 is 16.0 Å². The molecule has 1 heterocycles. The molecule has 0 saturated carbocycles. The van der Waals surface area contributed by atoms with Gasteiger partial charge < -0.3 is 16.0 Å². The smallest absolute Gasteiger partial charge is 0.272 e. The van der Waals surface area contributed by atoms with Crippen LogP contribution in [0.1, 0.15) is 15.9 Å². The molecule has 1 aromatic heterocycles. The average Bonchev–Trinajstić information content (AvgIpc) is 3.51. The summed E-state index contributed by atoms with van der Waals surface area (Å²) in [5, 5.41) is 11.9. The number of nitrogens with one attached hydrogen (secondary N) is 3. The third kappa shape index (κ3) is 8.97. The van der Waals surface area contributed by atoms with Gasteiger partial charge in [0.1, 0.15) is 5.70 Å². The van der Waals surface area contributed by atoms with Crippen molar-refractivity contribution in [2.24, 2.45) is 0 Å². The minimum Gasteiger partial charge on any atom is -0.321 e. The maximum Gasteiger partial charge on any atom is 0.272 e. The zero-order valence-electron chi connectivity index (χ0n) is 23.2.